The Bertz CT molecular complexity index is 617. The average molecular weight is 400 g/mol. The Morgan fingerprint density at radius 2 is 1.69 bits per heavy atom. The summed E-state index contributed by atoms with van der Waals surface area (Å²) in [6, 6.07) is 7.32. The monoisotopic (exact) mass is 399 g/mol. The van der Waals surface area contributed by atoms with Crippen molar-refractivity contribution in [2.24, 2.45) is 4.99 Å². The lowest BCUT2D eigenvalue weighted by molar-refractivity contribution is -0.342. The topological polar surface area (TPSA) is 80.2 Å². The molecule has 142 valence electrons. The summed E-state index contributed by atoms with van der Waals surface area (Å²) < 4.78 is 0. The van der Waals surface area contributed by atoms with Crippen molar-refractivity contribution in [2.45, 2.75) is 45.1 Å². The molecule has 1 aliphatic rings. The van der Waals surface area contributed by atoms with Gasteiger partial charge in [0.15, 0.2) is 5.17 Å². The zero-order valence-electron chi connectivity index (χ0n) is 14.6. The maximum atomic E-state index is 11.9. The molecule has 1 aromatic rings. The lowest BCUT2D eigenvalue weighted by atomic mass is 10.1. The largest absolute Gasteiger partial charge is 0.331 e. The van der Waals surface area contributed by atoms with Gasteiger partial charge in [0.05, 0.1) is 6.54 Å². The first kappa shape index (κ1) is 20.5. The standard InChI is InChI=1S/C17H22ClN3O4S/c1-26-17(19-12-13-8-10-14(18)11-9-13)20-21-24-15(22)6-4-2-3-5-7-16(23)25-21/h8-11H,2-7,12H2,1H3,(H,19,20). The van der Waals surface area contributed by atoms with Gasteiger partial charge in [0, 0.05) is 17.9 Å². The summed E-state index contributed by atoms with van der Waals surface area (Å²) in [5.74, 6) is -0.935. The molecule has 0 saturated carbocycles. The van der Waals surface area contributed by atoms with Gasteiger partial charge in [0.25, 0.3) is 0 Å². The average Bonchev–Trinajstić information content (AvgIpc) is 2.65. The molecule has 0 aliphatic carbocycles. The van der Waals surface area contributed by atoms with Crippen molar-refractivity contribution in [1.82, 2.24) is 10.8 Å². The summed E-state index contributed by atoms with van der Waals surface area (Å²) in [5, 5.41) is 1.80. The van der Waals surface area contributed by atoms with E-state index < -0.39 is 11.9 Å². The first-order chi connectivity index (χ1) is 12.6. The Hall–Kier alpha value is -1.77. The molecular formula is C17H22ClN3O4S. The molecule has 0 radical (unpaired) electrons. The van der Waals surface area contributed by atoms with Crippen LogP contribution in [-0.2, 0) is 25.8 Å². The summed E-state index contributed by atoms with van der Waals surface area (Å²) >= 11 is 7.17. The zero-order valence-corrected chi connectivity index (χ0v) is 16.1. The number of benzene rings is 1. The molecule has 0 spiro atoms. The molecule has 1 saturated heterocycles. The molecule has 2 rings (SSSR count). The molecule has 0 amide bonds. The van der Waals surface area contributed by atoms with Gasteiger partial charge in [-0.3, -0.25) is 14.6 Å². The van der Waals surface area contributed by atoms with Crippen molar-refractivity contribution in [3.63, 3.8) is 0 Å². The number of thioether (sulfide) groups is 1. The molecular weight excluding hydrogens is 378 g/mol. The van der Waals surface area contributed by atoms with Crippen molar-refractivity contribution < 1.29 is 19.3 Å². The molecule has 9 heteroatoms. The van der Waals surface area contributed by atoms with Crippen molar-refractivity contribution in [2.75, 3.05) is 6.26 Å². The van der Waals surface area contributed by atoms with E-state index in [1.54, 1.807) is 12.1 Å². The Balaban J connectivity index is 2.00. The van der Waals surface area contributed by atoms with Crippen molar-refractivity contribution >= 4 is 40.5 Å². The quantitative estimate of drug-likeness (QED) is 0.613. The van der Waals surface area contributed by atoms with Crippen LogP contribution in [0.25, 0.3) is 0 Å². The minimum Gasteiger partial charge on any atom is -0.315 e. The van der Waals surface area contributed by atoms with Crippen molar-refractivity contribution in [3.05, 3.63) is 34.9 Å². The van der Waals surface area contributed by atoms with Gasteiger partial charge in [0.1, 0.15) is 5.34 Å². The maximum absolute atomic E-state index is 11.9. The molecule has 0 atom stereocenters. The number of halogens is 1. The third-order valence-electron chi connectivity index (χ3n) is 3.58. The minimum absolute atomic E-state index is 0.270. The number of rotatable bonds is 3. The van der Waals surface area contributed by atoms with Gasteiger partial charge in [-0.1, -0.05) is 48.3 Å². The van der Waals surface area contributed by atoms with E-state index in [-0.39, 0.29) is 12.8 Å². The van der Waals surface area contributed by atoms with Crippen molar-refractivity contribution in [1.29, 1.82) is 0 Å². The van der Waals surface area contributed by atoms with Gasteiger partial charge < -0.3 is 9.68 Å². The smallest absolute Gasteiger partial charge is 0.315 e. The van der Waals surface area contributed by atoms with Crippen LogP contribution in [0.3, 0.4) is 0 Å². The second-order valence-electron chi connectivity index (χ2n) is 5.66. The number of hydrogen-bond acceptors (Lipinski definition) is 7. The molecule has 1 N–H and O–H groups in total. The number of nitrogens with zero attached hydrogens (tertiary/aromatic N) is 2. The molecule has 1 fully saturated rings. The fraction of sp³-hybridized carbons (Fsp3) is 0.471. The van der Waals surface area contributed by atoms with Gasteiger partial charge in [-0.15, -0.1) is 0 Å². The summed E-state index contributed by atoms with van der Waals surface area (Å²) in [6.45, 7) is 0.399. The summed E-state index contributed by atoms with van der Waals surface area (Å²) in [7, 11) is 0. The number of carbonyl (C=O) groups excluding carboxylic acids is 2. The van der Waals surface area contributed by atoms with E-state index in [0.717, 1.165) is 31.2 Å². The molecule has 1 aromatic carbocycles. The van der Waals surface area contributed by atoms with Crippen LogP contribution in [0.2, 0.25) is 5.02 Å². The fourth-order valence-corrected chi connectivity index (χ4v) is 2.69. The second kappa shape index (κ2) is 11.1. The van der Waals surface area contributed by atoms with Crippen LogP contribution in [0.5, 0.6) is 0 Å². The minimum atomic E-state index is -0.467. The van der Waals surface area contributed by atoms with E-state index in [2.05, 4.69) is 10.4 Å². The van der Waals surface area contributed by atoms with Crippen LogP contribution >= 0.6 is 23.4 Å². The highest BCUT2D eigenvalue weighted by Crippen LogP contribution is 2.12. The van der Waals surface area contributed by atoms with E-state index in [4.69, 9.17) is 21.3 Å². The first-order valence-corrected chi connectivity index (χ1v) is 9.98. The second-order valence-corrected chi connectivity index (χ2v) is 6.89. The molecule has 0 bridgehead atoms. The summed E-state index contributed by atoms with van der Waals surface area (Å²) in [4.78, 5) is 38.3. The molecule has 1 aliphatic heterocycles. The Morgan fingerprint density at radius 3 is 2.23 bits per heavy atom. The Labute approximate surface area is 161 Å². The number of nitrogens with one attached hydrogen (secondary N) is 1. The first-order valence-electron chi connectivity index (χ1n) is 8.38. The van der Waals surface area contributed by atoms with Gasteiger partial charge >= 0.3 is 11.9 Å². The fourth-order valence-electron chi connectivity index (χ4n) is 2.21. The normalized spacial score (nSPS) is 17.8. The van der Waals surface area contributed by atoms with Crippen LogP contribution in [0, 0.1) is 0 Å². The van der Waals surface area contributed by atoms with E-state index in [9.17, 15) is 9.59 Å². The summed E-state index contributed by atoms with van der Waals surface area (Å²) in [5.41, 5.74) is 3.69. The van der Waals surface area contributed by atoms with E-state index in [1.807, 2.05) is 18.4 Å². The number of aliphatic imine (C=N–C) groups is 1. The highest BCUT2D eigenvalue weighted by molar-refractivity contribution is 8.13. The SMILES string of the molecule is CSC(=NCc1ccc(Cl)cc1)NN1OC(=O)CCCCCCC(=O)O1. The van der Waals surface area contributed by atoms with E-state index >= 15 is 0 Å². The van der Waals surface area contributed by atoms with Crippen LogP contribution in [-0.4, -0.2) is 28.7 Å². The zero-order chi connectivity index (χ0) is 18.8. The molecule has 26 heavy (non-hydrogen) atoms. The van der Waals surface area contributed by atoms with Crippen molar-refractivity contribution in [3.8, 4) is 0 Å². The predicted octanol–water partition coefficient (Wildman–Crippen LogP) is 3.64. The number of amidine groups is 1. The van der Waals surface area contributed by atoms with Crippen LogP contribution in [0.15, 0.2) is 29.3 Å². The predicted molar refractivity (Wildman–Crippen MR) is 101 cm³/mol. The lowest BCUT2D eigenvalue weighted by Crippen LogP contribution is -2.43. The number of carbonyl (C=O) groups is 2. The molecule has 0 unspecified atom stereocenters. The maximum Gasteiger partial charge on any atom is 0.331 e. The number of hydrazine groups is 1. The highest BCUT2D eigenvalue weighted by Gasteiger charge is 2.19. The van der Waals surface area contributed by atoms with Crippen LogP contribution in [0.1, 0.15) is 44.1 Å². The summed E-state index contributed by atoms with van der Waals surface area (Å²) in [6.07, 6.45) is 5.56. The van der Waals surface area contributed by atoms with E-state index in [1.165, 1.54) is 11.8 Å². The van der Waals surface area contributed by atoms with Gasteiger partial charge in [-0.25, -0.2) is 5.43 Å². The third-order valence-corrected chi connectivity index (χ3v) is 4.44. The molecule has 7 nitrogen and oxygen atoms in total. The van der Waals surface area contributed by atoms with Crippen LogP contribution in [0.4, 0.5) is 0 Å². The third kappa shape index (κ3) is 7.63. The Kier molecular flexibility index (Phi) is 8.73. The molecule has 0 aromatic heterocycles. The van der Waals surface area contributed by atoms with Gasteiger partial charge in [-0.05, 0) is 36.8 Å². The van der Waals surface area contributed by atoms with E-state index in [0.29, 0.717) is 22.1 Å². The molecule has 1 heterocycles. The van der Waals surface area contributed by atoms with Gasteiger partial charge in [-0.2, -0.15) is 0 Å². The lowest BCUT2D eigenvalue weighted by Gasteiger charge is -2.20. The van der Waals surface area contributed by atoms with Gasteiger partial charge in [0.2, 0.25) is 0 Å². The number of hydrogen-bond donors (Lipinski definition) is 1. The Morgan fingerprint density at radius 1 is 1.12 bits per heavy atom. The highest BCUT2D eigenvalue weighted by atomic mass is 35.5. The van der Waals surface area contributed by atoms with Crippen LogP contribution < -0.4 is 5.43 Å².